The first-order chi connectivity index (χ1) is 18.7. The lowest BCUT2D eigenvalue weighted by Gasteiger charge is -2.19. The Morgan fingerprint density at radius 2 is 1.68 bits per heavy atom. The molecular weight excluding hydrogens is 545 g/mol. The third-order valence-corrected chi connectivity index (χ3v) is 6.71. The van der Waals surface area contributed by atoms with Gasteiger partial charge >= 0.3 is 12.1 Å². The molecule has 0 radical (unpaired) electrons. The Morgan fingerprint density at radius 3 is 2.20 bits per heavy atom. The van der Waals surface area contributed by atoms with Gasteiger partial charge in [-0.2, -0.15) is 22.0 Å². The Bertz CT molecular complexity index is 1450. The molecule has 1 heterocycles. The topological polar surface area (TPSA) is 68.3 Å². The van der Waals surface area contributed by atoms with Gasteiger partial charge in [0.1, 0.15) is 17.3 Å². The average molecular weight is 568 g/mol. The number of carbonyl (C=O) groups is 2. The predicted molar refractivity (Wildman–Crippen MR) is 131 cm³/mol. The lowest BCUT2D eigenvalue weighted by Crippen LogP contribution is -2.29. The number of ether oxygens (including phenoxy) is 1. The molecule has 0 bridgehead atoms. The number of hydrogen-bond donors (Lipinski definition) is 1. The fourth-order valence-corrected chi connectivity index (χ4v) is 4.36. The van der Waals surface area contributed by atoms with Crippen molar-refractivity contribution in [3.63, 3.8) is 0 Å². The molecule has 1 fully saturated rings. The number of esters is 1. The maximum Gasteiger partial charge on any atom is 0.416 e. The number of benzene rings is 2. The number of carbonyl (C=O) groups excluding carboxylic acids is 2. The van der Waals surface area contributed by atoms with E-state index in [1.54, 1.807) is 0 Å². The van der Waals surface area contributed by atoms with E-state index in [2.05, 4.69) is 10.3 Å². The smallest absolute Gasteiger partial charge is 0.416 e. The molecule has 2 aromatic carbocycles. The van der Waals surface area contributed by atoms with E-state index in [0.717, 1.165) is 30.5 Å². The van der Waals surface area contributed by atoms with Crippen molar-refractivity contribution in [3.8, 4) is 11.1 Å². The normalized spacial score (nSPS) is 14.5. The van der Waals surface area contributed by atoms with Crippen molar-refractivity contribution in [1.29, 1.82) is 0 Å². The summed E-state index contributed by atoms with van der Waals surface area (Å²) in [6, 6.07) is 6.07. The Balaban J connectivity index is 1.68. The highest BCUT2D eigenvalue weighted by molar-refractivity contribution is 6.04. The highest BCUT2D eigenvalue weighted by atomic mass is 19.4. The summed E-state index contributed by atoms with van der Waals surface area (Å²) in [4.78, 5) is 29.6. The number of hydrogen-bond acceptors (Lipinski definition) is 4. The Kier molecular flexibility index (Phi) is 7.66. The van der Waals surface area contributed by atoms with Gasteiger partial charge in [-0.05, 0) is 50.1 Å². The Labute approximate surface area is 224 Å². The minimum Gasteiger partial charge on any atom is -0.462 e. The molecule has 40 heavy (non-hydrogen) atoms. The molecule has 1 aromatic heterocycles. The first kappa shape index (κ1) is 29.0. The quantitative estimate of drug-likeness (QED) is 0.227. The van der Waals surface area contributed by atoms with Crippen LogP contribution >= 0.6 is 0 Å². The van der Waals surface area contributed by atoms with Gasteiger partial charge in [-0.1, -0.05) is 19.1 Å². The fourth-order valence-electron chi connectivity index (χ4n) is 4.36. The molecule has 0 atom stereocenters. The molecule has 1 N–H and O–H groups in total. The van der Waals surface area contributed by atoms with Crippen LogP contribution in [0.25, 0.3) is 11.1 Å². The summed E-state index contributed by atoms with van der Waals surface area (Å²) in [6.45, 7) is 2.71. The molecule has 3 aromatic rings. The maximum atomic E-state index is 15.4. The molecule has 1 saturated carbocycles. The summed E-state index contributed by atoms with van der Waals surface area (Å²) >= 11 is 0. The van der Waals surface area contributed by atoms with Gasteiger partial charge in [0.2, 0.25) is 5.91 Å². The van der Waals surface area contributed by atoms with E-state index >= 15 is 4.39 Å². The molecule has 4 rings (SSSR count). The van der Waals surface area contributed by atoms with Crippen molar-refractivity contribution >= 4 is 17.6 Å². The molecule has 1 amide bonds. The summed E-state index contributed by atoms with van der Waals surface area (Å²) in [6.07, 6.45) is -4.02. The number of amides is 1. The van der Waals surface area contributed by atoms with Crippen LogP contribution in [-0.4, -0.2) is 23.5 Å². The van der Waals surface area contributed by atoms with Crippen LogP contribution in [0.15, 0.2) is 48.7 Å². The van der Waals surface area contributed by atoms with Crippen molar-refractivity contribution in [2.24, 2.45) is 0 Å². The number of pyridine rings is 1. The third-order valence-electron chi connectivity index (χ3n) is 6.71. The number of anilines is 1. The Morgan fingerprint density at radius 1 is 0.975 bits per heavy atom. The van der Waals surface area contributed by atoms with Crippen molar-refractivity contribution in [2.45, 2.75) is 50.6 Å². The molecule has 0 spiro atoms. The number of rotatable bonds is 8. The van der Waals surface area contributed by atoms with Crippen LogP contribution in [0.1, 0.15) is 60.3 Å². The van der Waals surface area contributed by atoms with E-state index < -0.39 is 58.7 Å². The van der Waals surface area contributed by atoms with Gasteiger partial charge in [0.05, 0.1) is 23.1 Å². The summed E-state index contributed by atoms with van der Waals surface area (Å²) in [5.41, 5.74) is -4.29. The second-order valence-corrected chi connectivity index (χ2v) is 9.32. The van der Waals surface area contributed by atoms with Gasteiger partial charge in [-0.25, -0.2) is 13.6 Å². The Hall–Kier alpha value is -3.96. The average Bonchev–Trinajstić information content (AvgIpc) is 3.70. The molecule has 212 valence electrons. The predicted octanol–water partition coefficient (Wildman–Crippen LogP) is 7.39. The van der Waals surface area contributed by atoms with Gasteiger partial charge in [0, 0.05) is 35.0 Å². The van der Waals surface area contributed by atoms with Crippen molar-refractivity contribution in [1.82, 2.24) is 4.98 Å². The van der Waals surface area contributed by atoms with Gasteiger partial charge in [0.15, 0.2) is 0 Å². The van der Waals surface area contributed by atoms with Crippen LogP contribution in [0.5, 0.6) is 0 Å². The highest BCUT2D eigenvalue weighted by Crippen LogP contribution is 2.50. The van der Waals surface area contributed by atoms with Crippen molar-refractivity contribution < 1.29 is 45.1 Å². The zero-order valence-electron chi connectivity index (χ0n) is 21.3. The molecule has 12 heteroatoms. The second kappa shape index (κ2) is 10.5. The maximum absolute atomic E-state index is 15.4. The zero-order chi connectivity index (χ0) is 29.5. The zero-order valence-corrected chi connectivity index (χ0v) is 21.3. The number of alkyl halides is 5. The van der Waals surface area contributed by atoms with E-state index in [-0.39, 0.29) is 47.4 Å². The van der Waals surface area contributed by atoms with Crippen molar-refractivity contribution in [3.05, 3.63) is 82.7 Å². The van der Waals surface area contributed by atoms with Gasteiger partial charge in [-0.3, -0.25) is 9.78 Å². The minimum atomic E-state index is -4.77. The van der Waals surface area contributed by atoms with Crippen LogP contribution < -0.4 is 5.32 Å². The standard InChI is InChI=1S/C28H23F7N2O3/c1-3-27(31,32)22-8-5-15(14-36-22)23-18(24(38)40-4-2)12-17(13-21(23)30)37-25(39)26(9-10-26)19-7-6-16(11-20(19)29)28(33,34)35/h5-8,11-14H,3-4,9-10H2,1-2H3,(H,37,39). The van der Waals surface area contributed by atoms with Gasteiger partial charge < -0.3 is 10.1 Å². The van der Waals surface area contributed by atoms with Crippen LogP contribution in [0.3, 0.4) is 0 Å². The van der Waals surface area contributed by atoms with Gasteiger partial charge in [-0.15, -0.1) is 0 Å². The van der Waals surface area contributed by atoms with Crippen LogP contribution in [0.2, 0.25) is 0 Å². The summed E-state index contributed by atoms with van der Waals surface area (Å²) < 4.78 is 102. The molecule has 0 unspecified atom stereocenters. The number of aromatic nitrogens is 1. The molecule has 1 aliphatic carbocycles. The minimum absolute atomic E-state index is 0.000397. The van der Waals surface area contributed by atoms with Crippen molar-refractivity contribution in [2.75, 3.05) is 11.9 Å². The molecule has 0 aliphatic heterocycles. The largest absolute Gasteiger partial charge is 0.462 e. The highest BCUT2D eigenvalue weighted by Gasteiger charge is 2.53. The summed E-state index contributed by atoms with van der Waals surface area (Å²) in [5, 5.41) is 2.42. The van der Waals surface area contributed by atoms with E-state index in [4.69, 9.17) is 4.74 Å². The van der Waals surface area contributed by atoms with Crippen LogP contribution in [-0.2, 0) is 27.0 Å². The van der Waals surface area contributed by atoms with Gasteiger partial charge in [0.25, 0.3) is 5.92 Å². The first-order valence-electron chi connectivity index (χ1n) is 12.3. The number of halogens is 7. The molecule has 0 saturated heterocycles. The van der Waals surface area contributed by atoms with Crippen LogP contribution in [0.4, 0.5) is 36.4 Å². The second-order valence-electron chi connectivity index (χ2n) is 9.32. The number of nitrogens with zero attached hydrogens (tertiary/aromatic N) is 1. The molecule has 5 nitrogen and oxygen atoms in total. The van der Waals surface area contributed by atoms with E-state index in [0.29, 0.717) is 12.1 Å². The monoisotopic (exact) mass is 568 g/mol. The summed E-state index contributed by atoms with van der Waals surface area (Å²) in [7, 11) is 0. The van der Waals surface area contributed by atoms with E-state index in [1.165, 1.54) is 19.9 Å². The van der Waals surface area contributed by atoms with Crippen LogP contribution in [0, 0.1) is 11.6 Å². The number of nitrogens with one attached hydrogen (secondary N) is 1. The SMILES string of the molecule is CCOC(=O)c1cc(NC(=O)C2(c3ccc(C(F)(F)F)cc3F)CC2)cc(F)c1-c1ccc(C(F)(F)CC)nc1. The van der Waals surface area contributed by atoms with E-state index in [1.807, 2.05) is 0 Å². The molecular formula is C28H23F7N2O3. The lowest BCUT2D eigenvalue weighted by molar-refractivity contribution is -0.137. The third kappa shape index (κ3) is 5.52. The lowest BCUT2D eigenvalue weighted by atomic mass is 9.92. The molecule has 1 aliphatic rings. The fraction of sp³-hybridized carbons (Fsp3) is 0.321. The first-order valence-corrected chi connectivity index (χ1v) is 12.3. The van der Waals surface area contributed by atoms with E-state index in [9.17, 15) is 35.9 Å². The summed E-state index contributed by atoms with van der Waals surface area (Å²) in [5.74, 6) is -7.20.